The minimum absolute atomic E-state index is 0.0498. The summed E-state index contributed by atoms with van der Waals surface area (Å²) >= 11 is 11.6. The minimum Gasteiger partial charge on any atom is -0.491 e. The van der Waals surface area contributed by atoms with Gasteiger partial charge in [-0.1, -0.05) is 37.0 Å². The molecule has 0 aliphatic heterocycles. The van der Waals surface area contributed by atoms with Crippen LogP contribution in [0, 0.1) is 0 Å². The Balaban J connectivity index is 2.04. The molecule has 0 unspecified atom stereocenters. The molecule has 0 bridgehead atoms. The Morgan fingerprint density at radius 1 is 1.29 bits per heavy atom. The Bertz CT molecular complexity index is 671. The van der Waals surface area contributed by atoms with Crippen LogP contribution in [0.4, 0.5) is 16.5 Å². The molecule has 0 saturated carbocycles. The van der Waals surface area contributed by atoms with Gasteiger partial charge in [-0.25, -0.2) is 4.79 Å². The fourth-order valence-corrected chi connectivity index (χ4v) is 1.88. The number of nitrogens with one attached hydrogen (secondary N) is 2. The number of aromatic hydroxyl groups is 1. The quantitative estimate of drug-likeness (QED) is 0.775. The number of benzene rings is 1. The molecule has 1 aromatic heterocycles. The summed E-state index contributed by atoms with van der Waals surface area (Å²) in [5.41, 5.74) is 0.460. The Morgan fingerprint density at radius 3 is 2.57 bits per heavy atom. The highest BCUT2D eigenvalue weighted by molar-refractivity contribution is 6.42. The molecule has 0 atom stereocenters. The summed E-state index contributed by atoms with van der Waals surface area (Å²) < 4.78 is 5.25. The summed E-state index contributed by atoms with van der Waals surface area (Å²) in [4.78, 5) is 15.5. The zero-order chi connectivity index (χ0) is 15.6. The number of rotatable bonds is 3. The van der Waals surface area contributed by atoms with Crippen molar-refractivity contribution in [1.29, 1.82) is 0 Å². The average Bonchev–Trinajstić information content (AvgIpc) is 2.75. The smallest absolute Gasteiger partial charge is 0.327 e. The van der Waals surface area contributed by atoms with E-state index >= 15 is 0 Å². The average molecular weight is 330 g/mol. The molecule has 8 heteroatoms. The van der Waals surface area contributed by atoms with Gasteiger partial charge in [0.25, 0.3) is 5.88 Å². The summed E-state index contributed by atoms with van der Waals surface area (Å²) in [7, 11) is 0. The number of aromatic nitrogens is 1. The molecule has 0 saturated heterocycles. The van der Waals surface area contributed by atoms with Crippen LogP contribution < -0.4 is 10.6 Å². The van der Waals surface area contributed by atoms with Crippen molar-refractivity contribution in [2.24, 2.45) is 0 Å². The van der Waals surface area contributed by atoms with E-state index in [4.69, 9.17) is 27.6 Å². The van der Waals surface area contributed by atoms with E-state index in [1.807, 2.05) is 13.8 Å². The number of hydrogen-bond donors (Lipinski definition) is 3. The first-order chi connectivity index (χ1) is 9.86. The lowest BCUT2D eigenvalue weighted by atomic mass is 10.2. The van der Waals surface area contributed by atoms with Crippen LogP contribution in [0.15, 0.2) is 22.6 Å². The van der Waals surface area contributed by atoms with Crippen LogP contribution in [-0.2, 0) is 0 Å². The highest BCUT2D eigenvalue weighted by Crippen LogP contribution is 2.28. The largest absolute Gasteiger partial charge is 0.491 e. The van der Waals surface area contributed by atoms with Gasteiger partial charge < -0.3 is 14.8 Å². The lowest BCUT2D eigenvalue weighted by Gasteiger charge is -2.06. The van der Waals surface area contributed by atoms with Gasteiger partial charge in [0.1, 0.15) is 0 Å². The molecule has 0 radical (unpaired) electrons. The third-order valence-corrected chi connectivity index (χ3v) is 3.30. The van der Waals surface area contributed by atoms with Crippen molar-refractivity contribution in [2.45, 2.75) is 19.8 Å². The van der Waals surface area contributed by atoms with Crippen molar-refractivity contribution in [3.8, 4) is 5.88 Å². The van der Waals surface area contributed by atoms with Gasteiger partial charge in [-0.05, 0) is 18.2 Å². The summed E-state index contributed by atoms with van der Waals surface area (Å²) in [6, 6.07) is 4.00. The van der Waals surface area contributed by atoms with Crippen LogP contribution in [0.25, 0.3) is 0 Å². The maximum atomic E-state index is 11.8. The second kappa shape index (κ2) is 6.24. The fraction of sp³-hybridized carbons (Fsp3) is 0.231. The first-order valence-corrected chi connectivity index (χ1v) is 6.85. The van der Waals surface area contributed by atoms with Crippen LogP contribution in [0.5, 0.6) is 5.88 Å². The van der Waals surface area contributed by atoms with Gasteiger partial charge in [-0.3, -0.25) is 5.32 Å². The number of hydrogen-bond acceptors (Lipinski definition) is 4. The lowest BCUT2D eigenvalue weighted by Crippen LogP contribution is -2.19. The molecule has 0 spiro atoms. The van der Waals surface area contributed by atoms with Crippen molar-refractivity contribution in [2.75, 3.05) is 10.6 Å². The Morgan fingerprint density at radius 2 is 2.00 bits per heavy atom. The summed E-state index contributed by atoms with van der Waals surface area (Å²) in [6.07, 6.45) is 0. The Labute approximate surface area is 131 Å². The normalized spacial score (nSPS) is 10.7. The van der Waals surface area contributed by atoms with E-state index in [2.05, 4.69) is 15.6 Å². The van der Waals surface area contributed by atoms with Crippen LogP contribution in [0.1, 0.15) is 25.5 Å². The second-order valence-electron chi connectivity index (χ2n) is 4.57. The maximum absolute atomic E-state index is 11.8. The fourth-order valence-electron chi connectivity index (χ4n) is 1.59. The van der Waals surface area contributed by atoms with E-state index < -0.39 is 6.03 Å². The molecule has 21 heavy (non-hydrogen) atoms. The van der Waals surface area contributed by atoms with Gasteiger partial charge >= 0.3 is 12.0 Å². The van der Waals surface area contributed by atoms with Gasteiger partial charge in [0.05, 0.1) is 10.0 Å². The molecule has 0 fully saturated rings. The number of carbonyl (C=O) groups excluding carboxylic acids is 1. The summed E-state index contributed by atoms with van der Waals surface area (Å²) in [6.45, 7) is 3.67. The zero-order valence-corrected chi connectivity index (χ0v) is 12.8. The van der Waals surface area contributed by atoms with Crippen molar-refractivity contribution in [1.82, 2.24) is 4.98 Å². The van der Waals surface area contributed by atoms with E-state index in [1.54, 1.807) is 12.1 Å². The van der Waals surface area contributed by atoms with Crippen LogP contribution in [0.3, 0.4) is 0 Å². The number of halogens is 2. The molecular formula is C13H13Cl2N3O3. The van der Waals surface area contributed by atoms with Crippen LogP contribution in [-0.4, -0.2) is 16.1 Å². The molecule has 0 aliphatic carbocycles. The lowest BCUT2D eigenvalue weighted by molar-refractivity contribution is 0.261. The van der Waals surface area contributed by atoms with E-state index in [0.29, 0.717) is 21.5 Å². The van der Waals surface area contributed by atoms with Crippen molar-refractivity contribution in [3.05, 3.63) is 34.0 Å². The summed E-state index contributed by atoms with van der Waals surface area (Å²) in [5.74, 6) is 0.0147. The molecule has 0 aliphatic rings. The van der Waals surface area contributed by atoms with Crippen LogP contribution in [0.2, 0.25) is 10.0 Å². The molecule has 2 rings (SSSR count). The van der Waals surface area contributed by atoms with Gasteiger partial charge in [-0.2, -0.15) is 4.98 Å². The molecule has 1 aromatic carbocycles. The molecule has 2 aromatic rings. The predicted octanol–water partition coefficient (Wildman–Crippen LogP) is 4.45. The minimum atomic E-state index is -0.579. The van der Waals surface area contributed by atoms with Gasteiger partial charge in [0.2, 0.25) is 0 Å². The Kier molecular flexibility index (Phi) is 4.59. The zero-order valence-electron chi connectivity index (χ0n) is 11.3. The molecule has 1 heterocycles. The Hall–Kier alpha value is -1.92. The maximum Gasteiger partial charge on any atom is 0.327 e. The molecule has 2 amide bonds. The standard InChI is InChI=1S/C13H13Cl2N3O3/c1-6(2)10-11(19)17-13(21-10)18-12(20)16-7-3-4-8(14)9(15)5-7/h3-6,19H,1-2H3,(H2,16,17,18,20). The highest BCUT2D eigenvalue weighted by Gasteiger charge is 2.17. The second-order valence-corrected chi connectivity index (χ2v) is 5.38. The monoisotopic (exact) mass is 329 g/mol. The van der Waals surface area contributed by atoms with Gasteiger partial charge in [0.15, 0.2) is 5.76 Å². The molecule has 112 valence electrons. The van der Waals surface area contributed by atoms with E-state index in [1.165, 1.54) is 6.07 Å². The van der Waals surface area contributed by atoms with Gasteiger partial charge in [0, 0.05) is 11.6 Å². The number of anilines is 2. The first-order valence-electron chi connectivity index (χ1n) is 6.09. The number of oxazole rings is 1. The van der Waals surface area contributed by atoms with E-state index in [-0.39, 0.29) is 17.8 Å². The molecular weight excluding hydrogens is 317 g/mol. The molecule has 3 N–H and O–H groups in total. The van der Waals surface area contributed by atoms with Crippen molar-refractivity contribution < 1.29 is 14.3 Å². The topological polar surface area (TPSA) is 87.4 Å². The number of amides is 2. The number of carbonyl (C=O) groups is 1. The predicted molar refractivity (Wildman–Crippen MR) is 81.4 cm³/mol. The van der Waals surface area contributed by atoms with Crippen LogP contribution >= 0.6 is 23.2 Å². The van der Waals surface area contributed by atoms with E-state index in [0.717, 1.165) is 0 Å². The third-order valence-electron chi connectivity index (χ3n) is 2.56. The van der Waals surface area contributed by atoms with Crippen molar-refractivity contribution >= 4 is 40.9 Å². The highest BCUT2D eigenvalue weighted by atomic mass is 35.5. The third kappa shape index (κ3) is 3.80. The van der Waals surface area contributed by atoms with Crippen molar-refractivity contribution in [3.63, 3.8) is 0 Å². The SMILES string of the molecule is CC(C)c1oc(NC(=O)Nc2ccc(Cl)c(Cl)c2)nc1O. The summed E-state index contributed by atoms with van der Waals surface area (Å²) in [5, 5.41) is 15.2. The number of nitrogens with zero attached hydrogens (tertiary/aromatic N) is 1. The van der Waals surface area contributed by atoms with E-state index in [9.17, 15) is 9.90 Å². The van der Waals surface area contributed by atoms with Gasteiger partial charge in [-0.15, -0.1) is 0 Å². The first kappa shape index (κ1) is 15.5. The number of urea groups is 1. The molecule has 6 nitrogen and oxygen atoms in total.